The quantitative estimate of drug-likeness (QED) is 0.524. The zero-order valence-corrected chi connectivity index (χ0v) is 7.80. The van der Waals surface area contributed by atoms with Gasteiger partial charge in [-0.3, -0.25) is 4.79 Å². The van der Waals surface area contributed by atoms with Crippen LogP contribution in [0.3, 0.4) is 0 Å². The number of nitriles is 1. The van der Waals surface area contributed by atoms with Gasteiger partial charge in [0.05, 0.1) is 6.07 Å². The molecule has 0 aliphatic heterocycles. The van der Waals surface area contributed by atoms with Crippen LogP contribution >= 0.6 is 0 Å². The Morgan fingerprint density at radius 2 is 2.15 bits per heavy atom. The van der Waals surface area contributed by atoms with Crippen LogP contribution < -0.4 is 10.5 Å². The largest absolute Gasteiger partial charge is 0.370 e. The lowest BCUT2D eigenvalue weighted by Gasteiger charge is -2.00. The summed E-state index contributed by atoms with van der Waals surface area (Å²) in [5, 5.41) is 8.10. The summed E-state index contributed by atoms with van der Waals surface area (Å²) in [5.41, 5.74) is 4.83. The molecule has 74 valence electrons. The number of hydrogen-bond acceptors (Lipinski definition) is 4. The molecule has 0 saturated carbocycles. The third kappa shape index (κ3) is 7.24. The second-order valence-electron chi connectivity index (χ2n) is 2.38. The highest BCUT2D eigenvalue weighted by molar-refractivity contribution is 7.89. The number of sulfonamides is 1. The minimum Gasteiger partial charge on any atom is -0.370 e. The molecule has 0 rings (SSSR count). The SMILES string of the molecule is N#CCS(=O)(=O)NCCCC(N)=O. The first kappa shape index (κ1) is 11.9. The van der Waals surface area contributed by atoms with Crippen LogP contribution in [0.5, 0.6) is 0 Å². The smallest absolute Gasteiger partial charge is 0.225 e. The maximum absolute atomic E-state index is 10.8. The van der Waals surface area contributed by atoms with Gasteiger partial charge in [-0.05, 0) is 6.42 Å². The highest BCUT2D eigenvalue weighted by Gasteiger charge is 2.07. The molecule has 0 atom stereocenters. The van der Waals surface area contributed by atoms with Crippen molar-refractivity contribution in [1.82, 2.24) is 4.72 Å². The third-order valence-corrected chi connectivity index (χ3v) is 2.33. The molecule has 0 fully saturated rings. The first-order chi connectivity index (χ1) is 5.98. The van der Waals surface area contributed by atoms with Crippen LogP contribution in [0.4, 0.5) is 0 Å². The zero-order valence-electron chi connectivity index (χ0n) is 6.99. The van der Waals surface area contributed by atoms with Crippen molar-refractivity contribution in [3.05, 3.63) is 0 Å². The second kappa shape index (κ2) is 5.50. The van der Waals surface area contributed by atoms with Gasteiger partial charge in [-0.25, -0.2) is 13.1 Å². The predicted molar refractivity (Wildman–Crippen MR) is 45.8 cm³/mol. The molecule has 6 nitrogen and oxygen atoms in total. The highest BCUT2D eigenvalue weighted by atomic mass is 32.2. The van der Waals surface area contributed by atoms with Crippen molar-refractivity contribution in [3.8, 4) is 6.07 Å². The van der Waals surface area contributed by atoms with Crippen LogP contribution in [0.2, 0.25) is 0 Å². The number of carbonyl (C=O) groups excluding carboxylic acids is 1. The van der Waals surface area contributed by atoms with E-state index in [0.717, 1.165) is 0 Å². The fraction of sp³-hybridized carbons (Fsp3) is 0.667. The summed E-state index contributed by atoms with van der Waals surface area (Å²) in [7, 11) is -3.49. The summed E-state index contributed by atoms with van der Waals surface area (Å²) in [6.45, 7) is 0.132. The third-order valence-electron chi connectivity index (χ3n) is 1.18. The van der Waals surface area contributed by atoms with Gasteiger partial charge in [0, 0.05) is 13.0 Å². The van der Waals surface area contributed by atoms with Crippen molar-refractivity contribution >= 4 is 15.9 Å². The molecule has 0 unspecified atom stereocenters. The number of nitrogens with zero attached hydrogens (tertiary/aromatic N) is 1. The Morgan fingerprint density at radius 1 is 1.54 bits per heavy atom. The van der Waals surface area contributed by atoms with E-state index >= 15 is 0 Å². The van der Waals surface area contributed by atoms with E-state index in [4.69, 9.17) is 11.0 Å². The van der Waals surface area contributed by atoms with Gasteiger partial charge in [0.1, 0.15) is 0 Å². The second-order valence-corrected chi connectivity index (χ2v) is 4.19. The molecule has 0 aliphatic rings. The number of nitrogens with two attached hydrogens (primary N) is 1. The molecule has 0 radical (unpaired) electrons. The van der Waals surface area contributed by atoms with Crippen LogP contribution in [-0.4, -0.2) is 26.6 Å². The van der Waals surface area contributed by atoms with Crippen LogP contribution in [0.25, 0.3) is 0 Å². The van der Waals surface area contributed by atoms with E-state index in [-0.39, 0.29) is 13.0 Å². The Labute approximate surface area is 76.8 Å². The highest BCUT2D eigenvalue weighted by Crippen LogP contribution is 1.87. The Morgan fingerprint density at radius 3 is 2.62 bits per heavy atom. The number of amides is 1. The Hall–Kier alpha value is -1.13. The lowest BCUT2D eigenvalue weighted by atomic mass is 10.3. The summed E-state index contributed by atoms with van der Waals surface area (Å²) in [5.74, 6) is -1.04. The maximum atomic E-state index is 10.8. The lowest BCUT2D eigenvalue weighted by molar-refractivity contribution is -0.118. The van der Waals surface area contributed by atoms with Crippen molar-refractivity contribution in [2.45, 2.75) is 12.8 Å². The number of hydrogen-bond donors (Lipinski definition) is 2. The lowest BCUT2D eigenvalue weighted by Crippen LogP contribution is -2.27. The topological polar surface area (TPSA) is 113 Å². The van der Waals surface area contributed by atoms with E-state index in [1.807, 2.05) is 0 Å². The molecule has 0 aromatic heterocycles. The van der Waals surface area contributed by atoms with E-state index in [9.17, 15) is 13.2 Å². The van der Waals surface area contributed by atoms with Crippen molar-refractivity contribution in [2.75, 3.05) is 12.3 Å². The molecular formula is C6H11N3O3S. The van der Waals surface area contributed by atoms with Crippen LogP contribution in [0.1, 0.15) is 12.8 Å². The molecule has 0 bridgehead atoms. The normalized spacial score (nSPS) is 10.7. The number of nitrogens with one attached hydrogen (secondary N) is 1. The van der Waals surface area contributed by atoms with Crippen LogP contribution in [0, 0.1) is 11.3 Å². The average Bonchev–Trinajstić information content (AvgIpc) is 1.98. The first-order valence-corrected chi connectivity index (χ1v) is 5.26. The minimum absolute atomic E-state index is 0.132. The molecule has 7 heteroatoms. The molecule has 0 aromatic rings. The van der Waals surface area contributed by atoms with Crippen molar-refractivity contribution in [2.24, 2.45) is 5.73 Å². The molecule has 0 aromatic carbocycles. The summed E-state index contributed by atoms with van der Waals surface area (Å²) >= 11 is 0. The molecule has 13 heavy (non-hydrogen) atoms. The van der Waals surface area contributed by atoms with Crippen LogP contribution in [0.15, 0.2) is 0 Å². The Balaban J connectivity index is 3.66. The Bertz CT molecular complexity index is 304. The van der Waals surface area contributed by atoms with Gasteiger partial charge in [-0.15, -0.1) is 0 Å². The number of rotatable bonds is 6. The fourth-order valence-corrected chi connectivity index (χ4v) is 1.35. The molecule has 0 heterocycles. The van der Waals surface area contributed by atoms with E-state index in [2.05, 4.69) is 4.72 Å². The molecular weight excluding hydrogens is 194 g/mol. The van der Waals surface area contributed by atoms with Crippen molar-refractivity contribution in [1.29, 1.82) is 5.26 Å². The molecule has 0 aliphatic carbocycles. The van der Waals surface area contributed by atoms with E-state index in [0.29, 0.717) is 6.42 Å². The van der Waals surface area contributed by atoms with E-state index in [1.54, 1.807) is 0 Å². The molecule has 3 N–H and O–H groups in total. The van der Waals surface area contributed by atoms with Gasteiger partial charge in [-0.1, -0.05) is 0 Å². The average molecular weight is 205 g/mol. The van der Waals surface area contributed by atoms with E-state index in [1.165, 1.54) is 6.07 Å². The first-order valence-electron chi connectivity index (χ1n) is 3.60. The van der Waals surface area contributed by atoms with Gasteiger partial charge >= 0.3 is 0 Å². The fourth-order valence-electron chi connectivity index (χ4n) is 0.626. The monoisotopic (exact) mass is 205 g/mol. The van der Waals surface area contributed by atoms with Gasteiger partial charge in [0.2, 0.25) is 15.9 Å². The van der Waals surface area contributed by atoms with Gasteiger partial charge in [0.25, 0.3) is 0 Å². The maximum Gasteiger partial charge on any atom is 0.225 e. The van der Waals surface area contributed by atoms with Gasteiger partial charge in [0.15, 0.2) is 5.75 Å². The van der Waals surface area contributed by atoms with E-state index < -0.39 is 21.7 Å². The van der Waals surface area contributed by atoms with Crippen molar-refractivity contribution < 1.29 is 13.2 Å². The van der Waals surface area contributed by atoms with Crippen LogP contribution in [-0.2, 0) is 14.8 Å². The minimum atomic E-state index is -3.49. The summed E-state index contributed by atoms with van der Waals surface area (Å²) in [4.78, 5) is 10.2. The number of carbonyl (C=O) groups is 1. The van der Waals surface area contributed by atoms with Gasteiger partial charge < -0.3 is 5.73 Å². The number of primary amides is 1. The summed E-state index contributed by atoms with van der Waals surface area (Å²) in [6, 6.07) is 1.52. The zero-order chi connectivity index (χ0) is 10.3. The summed E-state index contributed by atoms with van der Waals surface area (Å²) < 4.78 is 23.8. The molecule has 0 saturated heterocycles. The molecule has 1 amide bonds. The Kier molecular flexibility index (Phi) is 5.03. The van der Waals surface area contributed by atoms with Crippen molar-refractivity contribution in [3.63, 3.8) is 0 Å². The molecule has 0 spiro atoms. The standard InChI is InChI=1S/C6H11N3O3S/c7-3-5-13(11,12)9-4-1-2-6(8)10/h9H,1-2,4-5H2,(H2,8,10). The van der Waals surface area contributed by atoms with Gasteiger partial charge in [-0.2, -0.15) is 5.26 Å². The summed E-state index contributed by atoms with van der Waals surface area (Å²) in [6.07, 6.45) is 0.481. The predicted octanol–water partition coefficient (Wildman–Crippen LogP) is -1.31.